The molecule has 4 heteroatoms. The Balaban J connectivity index is 2.23. The molecule has 0 aliphatic carbocycles. The van der Waals surface area contributed by atoms with Crippen LogP contribution < -0.4 is 5.46 Å². The van der Waals surface area contributed by atoms with E-state index in [0.29, 0.717) is 5.75 Å². The molecule has 0 amide bonds. The molecule has 1 heterocycles. The number of hydrogen-bond donors (Lipinski definition) is 1. The Labute approximate surface area is 98.4 Å². The second kappa shape index (κ2) is 3.56. The molecule has 16 heavy (non-hydrogen) atoms. The summed E-state index contributed by atoms with van der Waals surface area (Å²) in [5.74, 6) is 0.306. The summed E-state index contributed by atoms with van der Waals surface area (Å²) < 4.78 is 6.11. The van der Waals surface area contributed by atoms with Gasteiger partial charge in [-0.15, -0.1) is 0 Å². The van der Waals surface area contributed by atoms with E-state index in [9.17, 15) is 5.11 Å². The molecular weight excluding hydrogens is 198 g/mol. The third-order valence-corrected chi connectivity index (χ3v) is 4.03. The van der Waals surface area contributed by atoms with E-state index in [1.165, 1.54) is 0 Å². The summed E-state index contributed by atoms with van der Waals surface area (Å²) in [6, 6.07) is 7.32. The van der Waals surface area contributed by atoms with Crippen LogP contribution >= 0.6 is 0 Å². The van der Waals surface area contributed by atoms with Crippen LogP contribution in [0.25, 0.3) is 0 Å². The Morgan fingerprint density at radius 1 is 1.12 bits per heavy atom. The quantitative estimate of drug-likeness (QED) is 0.721. The first-order valence-corrected chi connectivity index (χ1v) is 5.79. The number of aromatic hydroxyl groups is 1. The van der Waals surface area contributed by atoms with Gasteiger partial charge in [0.05, 0.1) is 0 Å². The molecule has 1 aliphatic heterocycles. The van der Waals surface area contributed by atoms with Gasteiger partial charge >= 0.3 is 0 Å². The Hall–Kier alpha value is -0.890. The molecule has 0 saturated carbocycles. The van der Waals surface area contributed by atoms with Gasteiger partial charge in [0.1, 0.15) is 12.9 Å². The molecule has 2 rings (SSSR count). The summed E-state index contributed by atoms with van der Waals surface area (Å²) in [5.41, 5.74) is 1.05. The minimum Gasteiger partial charge on any atom is -0.508 e. The first-order chi connectivity index (χ1) is 7.32. The van der Waals surface area contributed by atoms with Crippen LogP contribution in [0.2, 0.25) is 5.31 Å². The van der Waals surface area contributed by atoms with E-state index in [1.807, 2.05) is 12.1 Å². The molecule has 1 aliphatic rings. The molecule has 0 bridgehead atoms. The second-order valence-electron chi connectivity index (χ2n) is 5.80. The smallest absolute Gasteiger partial charge is 0.284 e. The summed E-state index contributed by atoms with van der Waals surface area (Å²) in [6.45, 7) is 8.92. The lowest BCUT2D eigenvalue weighted by atomic mass is 9.23. The van der Waals surface area contributed by atoms with Gasteiger partial charge in [-0.1, -0.05) is 31.4 Å². The van der Waals surface area contributed by atoms with Crippen molar-refractivity contribution in [2.45, 2.75) is 38.6 Å². The van der Waals surface area contributed by atoms with Crippen LogP contribution in [0, 0.1) is 0 Å². The highest BCUT2D eigenvalue weighted by atomic mass is 16.5. The molecule has 0 spiro atoms. The molecule has 1 saturated heterocycles. The summed E-state index contributed by atoms with van der Waals surface area (Å²) in [6.07, 6.45) is 0. The van der Waals surface area contributed by atoms with Crippen molar-refractivity contribution in [3.8, 4) is 5.75 Å². The van der Waals surface area contributed by atoms with Crippen LogP contribution in [-0.2, 0) is 4.65 Å². The SMILES string of the molecule is CC1(C)BB(c2ccc(O)cc2)OC1(C)C. The molecule has 0 radical (unpaired) electrons. The molecule has 0 aromatic heterocycles. The van der Waals surface area contributed by atoms with E-state index in [0.717, 1.165) is 12.6 Å². The molecule has 1 aromatic carbocycles. The largest absolute Gasteiger partial charge is 0.508 e. The van der Waals surface area contributed by atoms with E-state index in [2.05, 4.69) is 27.7 Å². The molecule has 1 fully saturated rings. The van der Waals surface area contributed by atoms with Crippen molar-refractivity contribution in [3.05, 3.63) is 24.3 Å². The van der Waals surface area contributed by atoms with Crippen LogP contribution in [0.3, 0.4) is 0 Å². The van der Waals surface area contributed by atoms with Crippen molar-refractivity contribution in [2.24, 2.45) is 0 Å². The third kappa shape index (κ3) is 1.86. The van der Waals surface area contributed by atoms with E-state index < -0.39 is 0 Å². The Morgan fingerprint density at radius 2 is 1.69 bits per heavy atom. The van der Waals surface area contributed by atoms with Gasteiger partial charge < -0.3 is 9.76 Å². The molecule has 0 unspecified atom stereocenters. The minimum atomic E-state index is -0.102. The average Bonchev–Trinajstić information content (AvgIpc) is 2.37. The minimum absolute atomic E-state index is 0.102. The summed E-state index contributed by atoms with van der Waals surface area (Å²) in [5, 5.41) is 9.44. The molecule has 2 nitrogen and oxygen atoms in total. The van der Waals surface area contributed by atoms with Gasteiger partial charge in [0.15, 0.2) is 0 Å². The van der Waals surface area contributed by atoms with E-state index in [4.69, 9.17) is 4.65 Å². The fraction of sp³-hybridized carbons (Fsp3) is 0.500. The molecule has 1 aromatic rings. The number of phenols is 1. The number of rotatable bonds is 1. The maximum Gasteiger partial charge on any atom is 0.284 e. The van der Waals surface area contributed by atoms with Crippen molar-refractivity contribution in [1.29, 1.82) is 0 Å². The number of benzene rings is 1. The zero-order valence-electron chi connectivity index (χ0n) is 10.4. The predicted octanol–water partition coefficient (Wildman–Crippen LogP) is 1.53. The van der Waals surface area contributed by atoms with Crippen LogP contribution in [0.15, 0.2) is 24.3 Å². The highest BCUT2D eigenvalue weighted by molar-refractivity contribution is 7.17. The van der Waals surface area contributed by atoms with E-state index in [1.54, 1.807) is 12.1 Å². The summed E-state index contributed by atoms with van der Waals surface area (Å²) >= 11 is 0. The van der Waals surface area contributed by atoms with Crippen molar-refractivity contribution in [3.63, 3.8) is 0 Å². The van der Waals surface area contributed by atoms with Crippen LogP contribution in [-0.4, -0.2) is 24.7 Å². The molecule has 0 atom stereocenters. The van der Waals surface area contributed by atoms with Gasteiger partial charge in [0.2, 0.25) is 0 Å². The van der Waals surface area contributed by atoms with Crippen molar-refractivity contribution in [2.75, 3.05) is 0 Å². The fourth-order valence-corrected chi connectivity index (χ4v) is 2.14. The van der Waals surface area contributed by atoms with E-state index >= 15 is 0 Å². The van der Waals surface area contributed by atoms with Gasteiger partial charge in [0, 0.05) is 5.60 Å². The highest BCUT2D eigenvalue weighted by Crippen LogP contribution is 2.45. The third-order valence-electron chi connectivity index (χ3n) is 4.03. The second-order valence-corrected chi connectivity index (χ2v) is 5.80. The molecule has 84 valence electrons. The monoisotopic (exact) mass is 216 g/mol. The van der Waals surface area contributed by atoms with Gasteiger partial charge in [-0.2, -0.15) is 0 Å². The van der Waals surface area contributed by atoms with Gasteiger partial charge in [-0.25, -0.2) is 0 Å². The number of phenolic OH excluding ortho intramolecular Hbond substituents is 1. The Morgan fingerprint density at radius 3 is 2.12 bits per heavy atom. The topological polar surface area (TPSA) is 29.5 Å². The van der Waals surface area contributed by atoms with Crippen molar-refractivity contribution in [1.82, 2.24) is 0 Å². The molecule has 1 N–H and O–H groups in total. The number of hydrogen-bond acceptors (Lipinski definition) is 2. The predicted molar refractivity (Wildman–Crippen MR) is 69.8 cm³/mol. The van der Waals surface area contributed by atoms with Gasteiger partial charge in [0.25, 0.3) is 6.81 Å². The Kier molecular flexibility index (Phi) is 2.58. The fourth-order valence-electron chi connectivity index (χ4n) is 2.14. The maximum absolute atomic E-state index is 9.26. The lowest BCUT2D eigenvalue weighted by molar-refractivity contribution is 0.0881. The molecular formula is C12H18B2O2. The van der Waals surface area contributed by atoms with Crippen LogP contribution in [0.1, 0.15) is 27.7 Å². The first kappa shape index (κ1) is 11.6. The Bertz CT molecular complexity index is 369. The van der Waals surface area contributed by atoms with E-state index in [-0.39, 0.29) is 17.7 Å². The average molecular weight is 216 g/mol. The maximum atomic E-state index is 9.26. The zero-order chi connectivity index (χ0) is 12.0. The lowest BCUT2D eigenvalue weighted by Gasteiger charge is -2.34. The van der Waals surface area contributed by atoms with Crippen molar-refractivity contribution >= 4 is 19.4 Å². The zero-order valence-corrected chi connectivity index (χ0v) is 10.4. The highest BCUT2D eigenvalue weighted by Gasteiger charge is 2.50. The van der Waals surface area contributed by atoms with Gasteiger partial charge in [-0.05, 0) is 31.3 Å². The van der Waals surface area contributed by atoms with Crippen molar-refractivity contribution < 1.29 is 9.76 Å². The van der Waals surface area contributed by atoms with Gasteiger partial charge in [-0.3, -0.25) is 0 Å². The standard InChI is InChI=1S/C12H18B2O2/c1-11(2)12(3,4)16-14(13-11)9-5-7-10(15)8-6-9/h5-8,13,15H,1-4H3. The lowest BCUT2D eigenvalue weighted by Crippen LogP contribution is -2.36. The van der Waals surface area contributed by atoms with Crippen LogP contribution in [0.5, 0.6) is 5.75 Å². The summed E-state index contributed by atoms with van der Waals surface area (Å²) in [4.78, 5) is 0. The normalized spacial score (nSPS) is 21.9. The van der Waals surface area contributed by atoms with Crippen LogP contribution in [0.4, 0.5) is 0 Å². The summed E-state index contributed by atoms with van der Waals surface area (Å²) in [7, 11) is 1.02. The first-order valence-electron chi connectivity index (χ1n) is 5.79.